The second kappa shape index (κ2) is 10.4. The van der Waals surface area contributed by atoms with Crippen molar-refractivity contribution in [3.05, 3.63) is 25.3 Å². The van der Waals surface area contributed by atoms with Crippen LogP contribution in [0.2, 0.25) is 42.8 Å². The lowest BCUT2D eigenvalue weighted by atomic mass is 10.0. The Balaban J connectivity index is 0.000000477. The molecule has 2 fully saturated rings. The van der Waals surface area contributed by atoms with Crippen LogP contribution in [-0.4, -0.2) is 33.7 Å². The first-order valence-corrected chi connectivity index (χ1v) is 18.6. The minimum absolute atomic E-state index is 0.196. The molecule has 0 heterocycles. The summed E-state index contributed by atoms with van der Waals surface area (Å²) in [6, 6.07) is 0. The Morgan fingerprint density at radius 1 is 0.774 bits per heavy atom. The predicted octanol–water partition coefficient (Wildman–Crippen LogP) is 8.82. The summed E-state index contributed by atoms with van der Waals surface area (Å²) in [6.45, 7) is 37.6. The second-order valence-electron chi connectivity index (χ2n) is 14.0. The van der Waals surface area contributed by atoms with Crippen LogP contribution in [0.3, 0.4) is 0 Å². The second-order valence-corrected chi connectivity index (χ2v) is 24.8. The maximum absolute atomic E-state index is 9.14. The van der Waals surface area contributed by atoms with Gasteiger partial charge in [-0.2, -0.15) is 0 Å². The summed E-state index contributed by atoms with van der Waals surface area (Å²) >= 11 is 0. The number of hydrogen-bond donors (Lipinski definition) is 1. The number of hydrogen-bond acceptors (Lipinski definition) is 2. The highest BCUT2D eigenvalue weighted by molar-refractivity contribution is 6.78. The largest absolute Gasteiger partial charge is 0.410 e. The summed E-state index contributed by atoms with van der Waals surface area (Å²) in [5.41, 5.74) is 0.582. The Hall–Kier alpha value is -0.166. The molecule has 2 rings (SSSR count). The third kappa shape index (κ3) is 9.69. The smallest absolute Gasteiger partial charge is 0.192 e. The summed E-state index contributed by atoms with van der Waals surface area (Å²) < 4.78 is 6.40. The Morgan fingerprint density at radius 3 is 1.29 bits per heavy atom. The highest BCUT2D eigenvalue weighted by atomic mass is 28.4. The molecule has 2 saturated carbocycles. The first-order valence-electron chi connectivity index (χ1n) is 12.2. The molecule has 184 valence electrons. The number of aliphatic hydroxyl groups excluding tert-OH is 1. The molecule has 0 saturated heterocycles. The average Bonchev–Trinajstić information content (AvgIpc) is 3.50. The van der Waals surface area contributed by atoms with Crippen molar-refractivity contribution >= 4 is 16.4 Å². The molecule has 2 atom stereocenters. The Kier molecular flexibility index (Phi) is 10.3. The van der Waals surface area contributed by atoms with E-state index in [1.807, 2.05) is 6.08 Å². The molecule has 0 aliphatic heterocycles. The molecule has 0 spiro atoms. The quantitative estimate of drug-likeness (QED) is 0.311. The van der Waals surface area contributed by atoms with Crippen molar-refractivity contribution in [2.24, 2.45) is 10.8 Å². The molecule has 2 aliphatic rings. The molecular formula is C27H56O2Si2. The van der Waals surface area contributed by atoms with Gasteiger partial charge >= 0.3 is 0 Å². The van der Waals surface area contributed by atoms with E-state index in [1.165, 1.54) is 12.8 Å². The van der Waals surface area contributed by atoms with Crippen LogP contribution in [0.5, 0.6) is 0 Å². The van der Waals surface area contributed by atoms with Crippen LogP contribution in [0.4, 0.5) is 0 Å². The molecule has 2 aliphatic carbocycles. The Labute approximate surface area is 198 Å². The van der Waals surface area contributed by atoms with E-state index in [1.54, 1.807) is 6.08 Å². The van der Waals surface area contributed by atoms with Gasteiger partial charge in [0.25, 0.3) is 0 Å². The van der Waals surface area contributed by atoms with Gasteiger partial charge in [0.05, 0.1) is 12.2 Å². The predicted molar refractivity (Wildman–Crippen MR) is 146 cm³/mol. The zero-order valence-corrected chi connectivity index (χ0v) is 25.4. The first kappa shape index (κ1) is 30.8. The van der Waals surface area contributed by atoms with Crippen molar-refractivity contribution in [1.29, 1.82) is 0 Å². The van der Waals surface area contributed by atoms with Gasteiger partial charge in [0.2, 0.25) is 0 Å². The van der Waals surface area contributed by atoms with Crippen molar-refractivity contribution in [1.82, 2.24) is 0 Å². The van der Waals surface area contributed by atoms with Gasteiger partial charge in [0.1, 0.15) is 0 Å². The van der Waals surface area contributed by atoms with Crippen LogP contribution in [0, 0.1) is 10.8 Å². The first-order chi connectivity index (χ1) is 13.6. The van der Waals surface area contributed by atoms with Crippen molar-refractivity contribution in [3.63, 3.8) is 0 Å². The maximum Gasteiger partial charge on any atom is 0.192 e. The zero-order chi connectivity index (χ0) is 25.1. The van der Waals surface area contributed by atoms with E-state index in [9.17, 15) is 0 Å². The SMILES string of the molecule is C=CC(O)C1(C)CC1.C=CC(O[Si](C)(C)C(C)(C)C)C1(C)CC1.CC(C)(C)[Si](C)(C)C. The number of rotatable bonds is 6. The van der Waals surface area contributed by atoms with Gasteiger partial charge in [0, 0.05) is 8.07 Å². The van der Waals surface area contributed by atoms with Crippen LogP contribution < -0.4 is 0 Å². The van der Waals surface area contributed by atoms with Crippen LogP contribution in [0.1, 0.15) is 81.1 Å². The van der Waals surface area contributed by atoms with Crippen LogP contribution in [0.25, 0.3) is 0 Å². The molecule has 4 heteroatoms. The summed E-state index contributed by atoms with van der Waals surface area (Å²) in [4.78, 5) is 0. The topological polar surface area (TPSA) is 29.5 Å². The monoisotopic (exact) mass is 468 g/mol. The Morgan fingerprint density at radius 2 is 1.13 bits per heavy atom. The van der Waals surface area contributed by atoms with E-state index in [0.717, 1.165) is 12.8 Å². The molecule has 0 aromatic carbocycles. The average molecular weight is 469 g/mol. The minimum atomic E-state index is -1.63. The van der Waals surface area contributed by atoms with E-state index in [0.29, 0.717) is 15.5 Å². The molecule has 31 heavy (non-hydrogen) atoms. The van der Waals surface area contributed by atoms with Gasteiger partial charge in [-0.1, -0.05) is 87.2 Å². The standard InChI is InChI=1S/C13H26OSi.C7H12O.C7H18Si/c1-8-11(13(5)9-10-13)14-15(6,7)12(2,3)4;1-3-6(8)7(2)4-5-7;1-7(2,3)8(4,5)6/h8,11H,1,9-10H2,2-7H3;3,6,8H,1,4-5H2,2H3;1-6H3. The van der Waals surface area contributed by atoms with Crippen molar-refractivity contribution < 1.29 is 9.53 Å². The zero-order valence-electron chi connectivity index (χ0n) is 23.4. The molecule has 0 bridgehead atoms. The summed E-state index contributed by atoms with van der Waals surface area (Å²) in [6.07, 6.45) is 8.50. The fourth-order valence-electron chi connectivity index (χ4n) is 2.23. The molecule has 0 aromatic heterocycles. The Bertz CT molecular complexity index is 568. The van der Waals surface area contributed by atoms with E-state index in [2.05, 4.69) is 101 Å². The fourth-order valence-corrected chi connectivity index (χ4v) is 3.60. The van der Waals surface area contributed by atoms with Crippen LogP contribution in [-0.2, 0) is 4.43 Å². The molecule has 0 amide bonds. The number of aliphatic hydroxyl groups is 1. The van der Waals surface area contributed by atoms with Crippen molar-refractivity contribution in [3.8, 4) is 0 Å². The van der Waals surface area contributed by atoms with Crippen LogP contribution >= 0.6 is 0 Å². The highest BCUT2D eigenvalue weighted by Crippen LogP contribution is 2.52. The van der Waals surface area contributed by atoms with Crippen LogP contribution in [0.15, 0.2) is 25.3 Å². The van der Waals surface area contributed by atoms with Gasteiger partial charge in [-0.05, 0) is 59.7 Å². The lowest BCUT2D eigenvalue weighted by molar-refractivity contribution is 0.149. The fraction of sp³-hybridized carbons (Fsp3) is 0.852. The van der Waals surface area contributed by atoms with E-state index in [-0.39, 0.29) is 17.6 Å². The lowest BCUT2D eigenvalue weighted by Crippen LogP contribution is -2.45. The third-order valence-corrected chi connectivity index (χ3v) is 17.3. The summed E-state index contributed by atoms with van der Waals surface area (Å²) in [7, 11) is -2.49. The molecule has 2 unspecified atom stereocenters. The van der Waals surface area contributed by atoms with Gasteiger partial charge in [-0.3, -0.25) is 0 Å². The highest BCUT2D eigenvalue weighted by Gasteiger charge is 2.48. The van der Waals surface area contributed by atoms with Crippen molar-refractivity contribution in [2.45, 2.75) is 136 Å². The minimum Gasteiger partial charge on any atom is -0.410 e. The van der Waals surface area contributed by atoms with Crippen molar-refractivity contribution in [2.75, 3.05) is 0 Å². The normalized spacial score (nSPS) is 21.4. The molecule has 0 radical (unpaired) electrons. The van der Waals surface area contributed by atoms with Gasteiger partial charge in [-0.15, -0.1) is 13.2 Å². The van der Waals surface area contributed by atoms with E-state index >= 15 is 0 Å². The summed E-state index contributed by atoms with van der Waals surface area (Å²) in [5.74, 6) is 0. The van der Waals surface area contributed by atoms with E-state index < -0.39 is 16.4 Å². The lowest BCUT2D eigenvalue weighted by Gasteiger charge is -2.40. The molecular weight excluding hydrogens is 412 g/mol. The summed E-state index contributed by atoms with van der Waals surface area (Å²) in [5, 5.41) is 10.0. The third-order valence-electron chi connectivity index (χ3n) is 8.39. The molecule has 1 N–H and O–H groups in total. The molecule has 0 aromatic rings. The van der Waals surface area contributed by atoms with Gasteiger partial charge in [-0.25, -0.2) is 0 Å². The van der Waals surface area contributed by atoms with Gasteiger partial charge < -0.3 is 9.53 Å². The van der Waals surface area contributed by atoms with Gasteiger partial charge in [0.15, 0.2) is 8.32 Å². The molecule has 2 nitrogen and oxygen atoms in total. The maximum atomic E-state index is 9.14. The van der Waals surface area contributed by atoms with E-state index in [4.69, 9.17) is 9.53 Å².